The van der Waals surface area contributed by atoms with E-state index in [1.54, 1.807) is 11.3 Å². The van der Waals surface area contributed by atoms with Crippen LogP contribution in [-0.4, -0.2) is 5.84 Å². The lowest BCUT2D eigenvalue weighted by molar-refractivity contribution is 0.745. The molecule has 0 spiro atoms. The molecule has 7 aromatic rings. The maximum absolute atomic E-state index is 8.20. The zero-order valence-electron chi connectivity index (χ0n) is 28.0. The highest BCUT2D eigenvalue weighted by Crippen LogP contribution is 2.46. The minimum atomic E-state index is -0.530. The lowest BCUT2D eigenvalue weighted by atomic mass is 9.65. The molecule has 0 fully saturated rings. The summed E-state index contributed by atoms with van der Waals surface area (Å²) in [6.45, 7) is 4.37. The van der Waals surface area contributed by atoms with E-state index in [0.29, 0.717) is 0 Å². The molecule has 7 rings (SSSR count). The van der Waals surface area contributed by atoms with Gasteiger partial charge in [-0.05, 0) is 75.6 Å². The van der Waals surface area contributed by atoms with E-state index in [9.17, 15) is 0 Å². The van der Waals surface area contributed by atoms with Crippen LogP contribution in [0.3, 0.4) is 0 Å². The number of fused-ring (bicyclic) bond motifs is 3. The summed E-state index contributed by atoms with van der Waals surface area (Å²) in [6.07, 6.45) is 8.78. The standard InChI is InChI=1S/C46H40N2S/c1-3-5-14-32(13-4-2)33-21-26-38(27-22-33)46(36-15-8-6-9-16-36,37-17-10-7-11-18-37)39-28-23-34(24-29-39)35-25-30-42-41(31-35)44-40(45(47)48)19-12-20-43(44)49-42/h5-31H,3-4H2,1-2H3,(H3,47,48)/b14-5-,32-13+. The molecule has 1 aromatic heterocycles. The fourth-order valence-corrected chi connectivity index (χ4v) is 8.29. The molecule has 0 radical (unpaired) electrons. The Kier molecular flexibility index (Phi) is 9.11. The normalized spacial score (nSPS) is 12.2. The van der Waals surface area contributed by atoms with Gasteiger partial charge >= 0.3 is 0 Å². The summed E-state index contributed by atoms with van der Waals surface area (Å²) in [5.41, 5.74) is 15.9. The number of nitrogens with two attached hydrogens (primary N) is 1. The van der Waals surface area contributed by atoms with Crippen molar-refractivity contribution in [2.24, 2.45) is 5.73 Å². The zero-order valence-corrected chi connectivity index (χ0v) is 28.8. The van der Waals surface area contributed by atoms with E-state index in [1.165, 1.54) is 38.1 Å². The summed E-state index contributed by atoms with van der Waals surface area (Å²) < 4.78 is 2.34. The van der Waals surface area contributed by atoms with Crippen molar-refractivity contribution in [3.63, 3.8) is 0 Å². The first-order chi connectivity index (χ1) is 24.0. The van der Waals surface area contributed by atoms with Gasteiger partial charge in [-0.2, -0.15) is 0 Å². The molecule has 0 bridgehead atoms. The van der Waals surface area contributed by atoms with E-state index in [-0.39, 0.29) is 5.84 Å². The first-order valence-electron chi connectivity index (χ1n) is 17.0. The van der Waals surface area contributed by atoms with Gasteiger partial charge in [-0.1, -0.05) is 159 Å². The van der Waals surface area contributed by atoms with Crippen LogP contribution in [0.2, 0.25) is 0 Å². The van der Waals surface area contributed by atoms with Crippen molar-refractivity contribution in [2.45, 2.75) is 32.1 Å². The Hall–Kier alpha value is -5.51. The van der Waals surface area contributed by atoms with Gasteiger partial charge in [0.15, 0.2) is 0 Å². The Morgan fingerprint density at radius 3 is 1.82 bits per heavy atom. The predicted molar refractivity (Wildman–Crippen MR) is 212 cm³/mol. The van der Waals surface area contributed by atoms with Crippen molar-refractivity contribution in [3.05, 3.63) is 197 Å². The molecule has 6 aromatic carbocycles. The molecule has 0 atom stereocenters. The lowest BCUT2D eigenvalue weighted by Gasteiger charge is -2.37. The van der Waals surface area contributed by atoms with Crippen LogP contribution in [0.25, 0.3) is 36.9 Å². The molecule has 3 N–H and O–H groups in total. The zero-order chi connectivity index (χ0) is 33.8. The van der Waals surface area contributed by atoms with Gasteiger partial charge in [-0.3, -0.25) is 5.41 Å². The van der Waals surface area contributed by atoms with Gasteiger partial charge in [0.25, 0.3) is 0 Å². The Bertz CT molecular complexity index is 2250. The molecule has 1 heterocycles. The topological polar surface area (TPSA) is 49.9 Å². The highest BCUT2D eigenvalue weighted by Gasteiger charge is 2.38. The van der Waals surface area contributed by atoms with E-state index >= 15 is 0 Å². The van der Waals surface area contributed by atoms with E-state index in [1.807, 2.05) is 12.1 Å². The summed E-state index contributed by atoms with van der Waals surface area (Å²) in [5, 5.41) is 10.4. The molecule has 0 unspecified atom stereocenters. The fraction of sp³-hybridized carbons (Fsp3) is 0.109. The minimum Gasteiger partial charge on any atom is -0.384 e. The quantitative estimate of drug-likeness (QED) is 0.0657. The second-order valence-electron chi connectivity index (χ2n) is 12.4. The highest BCUT2D eigenvalue weighted by atomic mass is 32.1. The number of benzene rings is 6. The number of hydrogen-bond donors (Lipinski definition) is 2. The Morgan fingerprint density at radius 2 is 1.22 bits per heavy atom. The van der Waals surface area contributed by atoms with Crippen molar-refractivity contribution in [1.82, 2.24) is 0 Å². The Balaban J connectivity index is 1.39. The van der Waals surface area contributed by atoms with Crippen LogP contribution < -0.4 is 5.73 Å². The minimum absolute atomic E-state index is 0.0984. The van der Waals surface area contributed by atoms with Crippen LogP contribution in [0.4, 0.5) is 0 Å². The van der Waals surface area contributed by atoms with E-state index in [4.69, 9.17) is 11.1 Å². The van der Waals surface area contributed by atoms with Crippen LogP contribution in [0, 0.1) is 5.41 Å². The van der Waals surface area contributed by atoms with Crippen molar-refractivity contribution in [3.8, 4) is 11.1 Å². The molecule has 0 aliphatic carbocycles. The SMILES string of the molecule is CC/C=C\C(=C/CC)c1ccc(C(c2ccccc2)(c2ccccc2)c2ccc(-c3ccc4sc5cccc(C(=N)N)c5c4c3)cc2)cc1. The van der Waals surface area contributed by atoms with Crippen molar-refractivity contribution < 1.29 is 0 Å². The summed E-state index contributed by atoms with van der Waals surface area (Å²) in [4.78, 5) is 0. The Morgan fingerprint density at radius 1 is 0.633 bits per heavy atom. The van der Waals surface area contributed by atoms with Gasteiger partial charge in [0.05, 0.1) is 5.41 Å². The maximum Gasteiger partial charge on any atom is 0.123 e. The molecule has 3 heteroatoms. The molecule has 240 valence electrons. The molecular formula is C46H40N2S. The van der Waals surface area contributed by atoms with Crippen LogP contribution in [0.1, 0.15) is 60.1 Å². The van der Waals surface area contributed by atoms with Crippen LogP contribution in [-0.2, 0) is 5.41 Å². The number of rotatable bonds is 10. The van der Waals surface area contributed by atoms with E-state index in [2.05, 4.69) is 166 Å². The van der Waals surface area contributed by atoms with Crippen LogP contribution >= 0.6 is 11.3 Å². The van der Waals surface area contributed by atoms with Crippen molar-refractivity contribution >= 4 is 42.9 Å². The number of allylic oxidation sites excluding steroid dienone is 4. The summed E-state index contributed by atoms with van der Waals surface area (Å²) in [6, 6.07) is 52.8. The lowest BCUT2D eigenvalue weighted by Crippen LogP contribution is -2.31. The fourth-order valence-electron chi connectivity index (χ4n) is 7.18. The molecular weight excluding hydrogens is 613 g/mol. The average molecular weight is 653 g/mol. The molecule has 0 aliphatic heterocycles. The first-order valence-corrected chi connectivity index (χ1v) is 17.9. The number of thiophene rings is 1. The number of amidine groups is 1. The number of nitrogen functional groups attached to an aromatic ring is 1. The number of hydrogen-bond acceptors (Lipinski definition) is 2. The molecule has 0 saturated carbocycles. The first kappa shape index (κ1) is 32.1. The van der Waals surface area contributed by atoms with Gasteiger partial charge in [0.1, 0.15) is 5.84 Å². The third-order valence-electron chi connectivity index (χ3n) is 9.46. The second kappa shape index (κ2) is 13.9. The monoisotopic (exact) mass is 652 g/mol. The summed E-state index contributed by atoms with van der Waals surface area (Å²) >= 11 is 1.75. The largest absolute Gasteiger partial charge is 0.384 e. The molecule has 49 heavy (non-hydrogen) atoms. The third-order valence-corrected chi connectivity index (χ3v) is 10.6. The van der Waals surface area contributed by atoms with Gasteiger partial charge in [0.2, 0.25) is 0 Å². The Labute approximate surface area is 293 Å². The van der Waals surface area contributed by atoms with Crippen LogP contribution in [0.5, 0.6) is 0 Å². The molecule has 0 amide bonds. The second-order valence-corrected chi connectivity index (χ2v) is 13.5. The molecule has 2 nitrogen and oxygen atoms in total. The highest BCUT2D eigenvalue weighted by molar-refractivity contribution is 7.25. The van der Waals surface area contributed by atoms with E-state index < -0.39 is 5.41 Å². The third kappa shape index (κ3) is 5.92. The van der Waals surface area contributed by atoms with Crippen molar-refractivity contribution in [2.75, 3.05) is 0 Å². The van der Waals surface area contributed by atoms with Gasteiger partial charge in [-0.15, -0.1) is 11.3 Å². The summed E-state index contributed by atoms with van der Waals surface area (Å²) in [5.74, 6) is 0.0984. The summed E-state index contributed by atoms with van der Waals surface area (Å²) in [7, 11) is 0. The van der Waals surface area contributed by atoms with Crippen LogP contribution in [0.15, 0.2) is 164 Å². The number of nitrogens with one attached hydrogen (secondary N) is 1. The van der Waals surface area contributed by atoms with Gasteiger partial charge < -0.3 is 5.73 Å². The molecule has 0 aliphatic rings. The predicted octanol–water partition coefficient (Wildman–Crippen LogP) is 12.1. The van der Waals surface area contributed by atoms with Gasteiger partial charge in [0, 0.05) is 25.7 Å². The van der Waals surface area contributed by atoms with E-state index in [0.717, 1.165) is 45.0 Å². The maximum atomic E-state index is 8.20. The average Bonchev–Trinajstić information content (AvgIpc) is 3.53. The van der Waals surface area contributed by atoms with Crippen molar-refractivity contribution in [1.29, 1.82) is 5.41 Å². The smallest absolute Gasteiger partial charge is 0.123 e. The van der Waals surface area contributed by atoms with Gasteiger partial charge in [-0.25, -0.2) is 0 Å². The molecule has 0 saturated heterocycles.